The molecule has 0 bridgehead atoms. The molecule has 0 saturated heterocycles. The monoisotopic (exact) mass is 396 g/mol. The van der Waals surface area contributed by atoms with Crippen LogP contribution in [0.15, 0.2) is 28.9 Å². The van der Waals surface area contributed by atoms with Gasteiger partial charge in [-0.15, -0.1) is 11.3 Å². The van der Waals surface area contributed by atoms with Gasteiger partial charge in [-0.3, -0.25) is 4.79 Å². The second-order valence-electron chi connectivity index (χ2n) is 6.03. The molecule has 0 aliphatic heterocycles. The summed E-state index contributed by atoms with van der Waals surface area (Å²) in [6.45, 7) is 12.9. The third-order valence-electron chi connectivity index (χ3n) is 3.12. The van der Waals surface area contributed by atoms with Gasteiger partial charge in [0.1, 0.15) is 4.88 Å². The first-order valence-corrected chi connectivity index (χ1v) is 9.38. The van der Waals surface area contributed by atoms with Crippen LogP contribution in [0.1, 0.15) is 60.4 Å². The van der Waals surface area contributed by atoms with Crippen molar-refractivity contribution in [3.05, 3.63) is 49.9 Å². The second-order valence-corrected chi connectivity index (χ2v) is 7.98. The summed E-state index contributed by atoms with van der Waals surface area (Å²) in [4.78, 5) is 17.2. The fraction of sp³-hybridized carbons (Fsp3) is 0.444. The lowest BCUT2D eigenvalue weighted by Crippen LogP contribution is -2.22. The summed E-state index contributed by atoms with van der Waals surface area (Å²) in [6.07, 6.45) is 1.66. The highest BCUT2D eigenvalue weighted by molar-refractivity contribution is 9.10. The van der Waals surface area contributed by atoms with Crippen molar-refractivity contribution in [2.45, 2.75) is 53.5 Å². The van der Waals surface area contributed by atoms with E-state index in [2.05, 4.69) is 47.0 Å². The van der Waals surface area contributed by atoms with E-state index in [1.807, 2.05) is 39.0 Å². The molecule has 1 heterocycles. The molecule has 5 heteroatoms. The normalized spacial score (nSPS) is 10.7. The maximum Gasteiger partial charge on any atom is 0.263 e. The van der Waals surface area contributed by atoms with Crippen LogP contribution in [0.2, 0.25) is 0 Å². The topological polar surface area (TPSA) is 42.0 Å². The maximum absolute atomic E-state index is 12.2. The van der Waals surface area contributed by atoms with Gasteiger partial charge in [-0.1, -0.05) is 56.6 Å². The van der Waals surface area contributed by atoms with Gasteiger partial charge in [0.2, 0.25) is 0 Å². The van der Waals surface area contributed by atoms with Gasteiger partial charge in [-0.25, -0.2) is 4.98 Å². The first-order chi connectivity index (χ1) is 10.8. The van der Waals surface area contributed by atoms with Crippen LogP contribution in [-0.2, 0) is 12.0 Å². The maximum atomic E-state index is 12.2. The fourth-order valence-corrected chi connectivity index (χ4v) is 3.21. The third kappa shape index (κ3) is 5.74. The predicted molar refractivity (Wildman–Crippen MR) is 102 cm³/mol. The van der Waals surface area contributed by atoms with Crippen molar-refractivity contribution in [3.8, 4) is 0 Å². The number of benzene rings is 1. The highest BCUT2D eigenvalue weighted by atomic mass is 79.9. The van der Waals surface area contributed by atoms with Crippen LogP contribution < -0.4 is 5.32 Å². The number of amides is 1. The number of thiazole rings is 1. The molecule has 0 radical (unpaired) electrons. The van der Waals surface area contributed by atoms with Crippen LogP contribution in [0, 0.1) is 6.92 Å². The average Bonchev–Trinajstić information content (AvgIpc) is 2.98. The van der Waals surface area contributed by atoms with Gasteiger partial charge in [0.25, 0.3) is 5.91 Å². The molecule has 3 nitrogen and oxygen atoms in total. The van der Waals surface area contributed by atoms with Crippen molar-refractivity contribution in [1.82, 2.24) is 10.3 Å². The highest BCUT2D eigenvalue weighted by Crippen LogP contribution is 2.26. The summed E-state index contributed by atoms with van der Waals surface area (Å²) in [5.74, 6) is -0.0645. The van der Waals surface area contributed by atoms with Crippen LogP contribution in [0.4, 0.5) is 0 Å². The molecule has 0 atom stereocenters. The van der Waals surface area contributed by atoms with Crippen molar-refractivity contribution >= 4 is 33.2 Å². The molecule has 2 aromatic rings. The average molecular weight is 397 g/mol. The SMILES string of the molecule is CC.Cc1cc(Br)ccc1CNC(=O)c1cnc(C(C)(C)C)s1. The molecule has 1 N–H and O–H groups in total. The van der Waals surface area contributed by atoms with Crippen LogP contribution in [0.25, 0.3) is 0 Å². The van der Waals surface area contributed by atoms with Crippen LogP contribution in [0.5, 0.6) is 0 Å². The Kier molecular flexibility index (Phi) is 7.42. The van der Waals surface area contributed by atoms with Crippen LogP contribution in [-0.4, -0.2) is 10.9 Å². The van der Waals surface area contributed by atoms with E-state index in [-0.39, 0.29) is 11.3 Å². The third-order valence-corrected chi connectivity index (χ3v) is 5.03. The largest absolute Gasteiger partial charge is 0.347 e. The number of carbonyl (C=O) groups is 1. The van der Waals surface area contributed by atoms with Crippen molar-refractivity contribution in [2.75, 3.05) is 0 Å². The van der Waals surface area contributed by atoms with E-state index >= 15 is 0 Å². The van der Waals surface area contributed by atoms with Crippen LogP contribution >= 0.6 is 27.3 Å². The van der Waals surface area contributed by atoms with Gasteiger partial charge in [-0.05, 0) is 30.2 Å². The summed E-state index contributed by atoms with van der Waals surface area (Å²) in [7, 11) is 0. The summed E-state index contributed by atoms with van der Waals surface area (Å²) >= 11 is 4.90. The Balaban J connectivity index is 0.00000127. The molecule has 1 amide bonds. The summed E-state index contributed by atoms with van der Waals surface area (Å²) in [6, 6.07) is 6.05. The molecular weight excluding hydrogens is 372 g/mol. The minimum atomic E-state index is -0.0645. The number of nitrogens with one attached hydrogen (secondary N) is 1. The minimum absolute atomic E-state index is 0.0223. The fourth-order valence-electron chi connectivity index (χ4n) is 1.85. The Bertz CT molecular complexity index is 659. The number of rotatable bonds is 3. The first kappa shape index (κ1) is 19.8. The molecular formula is C18H25BrN2OS. The van der Waals surface area contributed by atoms with E-state index < -0.39 is 0 Å². The summed E-state index contributed by atoms with van der Waals surface area (Å²) < 4.78 is 1.05. The molecule has 0 fully saturated rings. The van der Waals surface area contributed by atoms with E-state index in [9.17, 15) is 4.79 Å². The molecule has 0 unspecified atom stereocenters. The standard InChI is InChI=1S/C16H19BrN2OS.C2H6/c1-10-7-12(17)6-5-11(10)8-18-14(20)13-9-19-15(21-13)16(2,3)4;1-2/h5-7,9H,8H2,1-4H3,(H,18,20);1-2H3. The molecule has 0 saturated carbocycles. The van der Waals surface area contributed by atoms with Gasteiger partial charge in [0.05, 0.1) is 11.2 Å². The van der Waals surface area contributed by atoms with E-state index in [1.165, 1.54) is 11.3 Å². The quantitative estimate of drug-likeness (QED) is 0.747. The molecule has 0 aliphatic carbocycles. The number of carbonyl (C=O) groups excluding carboxylic acids is 1. The van der Waals surface area contributed by atoms with Crippen LogP contribution in [0.3, 0.4) is 0 Å². The zero-order valence-electron chi connectivity index (χ0n) is 14.7. The van der Waals surface area contributed by atoms with E-state index in [0.29, 0.717) is 11.4 Å². The Morgan fingerprint density at radius 3 is 2.48 bits per heavy atom. The Morgan fingerprint density at radius 1 is 1.30 bits per heavy atom. The Hall–Kier alpha value is -1.20. The molecule has 1 aromatic heterocycles. The number of halogens is 1. The second kappa shape index (κ2) is 8.60. The van der Waals surface area contributed by atoms with Gasteiger partial charge in [-0.2, -0.15) is 0 Å². The van der Waals surface area contributed by atoms with Gasteiger partial charge < -0.3 is 5.32 Å². The molecule has 0 aliphatic rings. The zero-order chi connectivity index (χ0) is 17.6. The first-order valence-electron chi connectivity index (χ1n) is 7.77. The Morgan fingerprint density at radius 2 is 1.96 bits per heavy atom. The van der Waals surface area contributed by atoms with E-state index in [0.717, 1.165) is 20.6 Å². The van der Waals surface area contributed by atoms with Crippen molar-refractivity contribution in [3.63, 3.8) is 0 Å². The van der Waals surface area contributed by atoms with Gasteiger partial charge in [0.15, 0.2) is 0 Å². The number of hydrogen-bond donors (Lipinski definition) is 1. The molecule has 2 rings (SSSR count). The van der Waals surface area contributed by atoms with Gasteiger partial charge >= 0.3 is 0 Å². The molecule has 0 spiro atoms. The number of aromatic nitrogens is 1. The summed E-state index contributed by atoms with van der Waals surface area (Å²) in [5.41, 5.74) is 2.25. The predicted octanol–water partition coefficient (Wildman–Crippen LogP) is 5.47. The van der Waals surface area contributed by atoms with E-state index in [1.54, 1.807) is 6.20 Å². The zero-order valence-corrected chi connectivity index (χ0v) is 17.1. The lowest BCUT2D eigenvalue weighted by molar-refractivity contribution is 0.0954. The van der Waals surface area contributed by atoms with Crippen molar-refractivity contribution in [1.29, 1.82) is 0 Å². The number of nitrogens with zero attached hydrogens (tertiary/aromatic N) is 1. The van der Waals surface area contributed by atoms with Gasteiger partial charge in [0, 0.05) is 16.4 Å². The van der Waals surface area contributed by atoms with E-state index in [4.69, 9.17) is 0 Å². The lowest BCUT2D eigenvalue weighted by atomic mass is 9.98. The minimum Gasteiger partial charge on any atom is -0.347 e. The lowest BCUT2D eigenvalue weighted by Gasteiger charge is -2.13. The highest BCUT2D eigenvalue weighted by Gasteiger charge is 2.20. The molecule has 23 heavy (non-hydrogen) atoms. The summed E-state index contributed by atoms with van der Waals surface area (Å²) in [5, 5.41) is 3.94. The molecule has 126 valence electrons. The number of hydrogen-bond acceptors (Lipinski definition) is 3. The van der Waals surface area contributed by atoms with Crippen molar-refractivity contribution < 1.29 is 4.79 Å². The number of aryl methyl sites for hydroxylation is 1. The smallest absolute Gasteiger partial charge is 0.263 e. The van der Waals surface area contributed by atoms with Crippen molar-refractivity contribution in [2.24, 2.45) is 0 Å². The molecule has 1 aromatic carbocycles. The Labute approximate surface area is 151 Å².